The van der Waals surface area contributed by atoms with Crippen LogP contribution in [0.1, 0.15) is 26.7 Å². The SMILES string of the molecule is CC(C)(O)OCC1CC(O)CCO1. The number of ether oxygens (including phenoxy) is 2. The average Bonchev–Trinajstić information content (AvgIpc) is 2.00. The first-order valence-corrected chi connectivity index (χ1v) is 4.63. The molecule has 1 aliphatic rings. The van der Waals surface area contributed by atoms with Gasteiger partial charge in [0, 0.05) is 13.0 Å². The minimum Gasteiger partial charge on any atom is -0.393 e. The highest BCUT2D eigenvalue weighted by Crippen LogP contribution is 2.15. The van der Waals surface area contributed by atoms with Crippen molar-refractivity contribution in [1.29, 1.82) is 0 Å². The van der Waals surface area contributed by atoms with Crippen LogP contribution in [0.4, 0.5) is 0 Å². The average molecular weight is 190 g/mol. The fourth-order valence-corrected chi connectivity index (χ4v) is 1.27. The van der Waals surface area contributed by atoms with Crippen LogP contribution in [0.2, 0.25) is 0 Å². The van der Waals surface area contributed by atoms with Gasteiger partial charge in [-0.05, 0) is 20.3 Å². The van der Waals surface area contributed by atoms with E-state index in [0.29, 0.717) is 26.1 Å². The molecule has 1 heterocycles. The fourth-order valence-electron chi connectivity index (χ4n) is 1.27. The maximum atomic E-state index is 9.31. The van der Waals surface area contributed by atoms with E-state index in [0.717, 1.165) is 0 Å². The van der Waals surface area contributed by atoms with Crippen molar-refractivity contribution in [2.75, 3.05) is 13.2 Å². The number of hydrogen-bond donors (Lipinski definition) is 2. The molecule has 13 heavy (non-hydrogen) atoms. The second-order valence-corrected chi connectivity index (χ2v) is 3.93. The molecule has 1 fully saturated rings. The molecule has 2 atom stereocenters. The van der Waals surface area contributed by atoms with Gasteiger partial charge < -0.3 is 19.7 Å². The van der Waals surface area contributed by atoms with E-state index in [1.165, 1.54) is 0 Å². The molecule has 4 nitrogen and oxygen atoms in total. The van der Waals surface area contributed by atoms with Crippen molar-refractivity contribution in [2.45, 2.75) is 44.7 Å². The van der Waals surface area contributed by atoms with Gasteiger partial charge in [0.2, 0.25) is 0 Å². The summed E-state index contributed by atoms with van der Waals surface area (Å²) < 4.78 is 10.5. The van der Waals surface area contributed by atoms with E-state index >= 15 is 0 Å². The molecule has 0 aromatic rings. The van der Waals surface area contributed by atoms with Crippen LogP contribution < -0.4 is 0 Å². The van der Waals surface area contributed by atoms with Crippen LogP contribution in [0.5, 0.6) is 0 Å². The number of aliphatic hydroxyl groups is 2. The van der Waals surface area contributed by atoms with Crippen molar-refractivity contribution < 1.29 is 19.7 Å². The van der Waals surface area contributed by atoms with Gasteiger partial charge in [0.05, 0.1) is 18.8 Å². The summed E-state index contributed by atoms with van der Waals surface area (Å²) in [6, 6.07) is 0. The van der Waals surface area contributed by atoms with Gasteiger partial charge in [0.1, 0.15) is 0 Å². The lowest BCUT2D eigenvalue weighted by atomic mass is 10.1. The van der Waals surface area contributed by atoms with E-state index in [4.69, 9.17) is 9.47 Å². The van der Waals surface area contributed by atoms with Gasteiger partial charge in [0.25, 0.3) is 0 Å². The monoisotopic (exact) mass is 190 g/mol. The van der Waals surface area contributed by atoms with Gasteiger partial charge in [-0.25, -0.2) is 0 Å². The van der Waals surface area contributed by atoms with Crippen LogP contribution in [0.3, 0.4) is 0 Å². The molecule has 0 spiro atoms. The van der Waals surface area contributed by atoms with Crippen molar-refractivity contribution in [3.63, 3.8) is 0 Å². The summed E-state index contributed by atoms with van der Waals surface area (Å²) in [4.78, 5) is 0. The minimum absolute atomic E-state index is 0.0878. The lowest BCUT2D eigenvalue weighted by Crippen LogP contribution is -2.35. The van der Waals surface area contributed by atoms with Crippen molar-refractivity contribution >= 4 is 0 Å². The van der Waals surface area contributed by atoms with E-state index in [9.17, 15) is 10.2 Å². The van der Waals surface area contributed by atoms with Gasteiger partial charge in [-0.1, -0.05) is 0 Å². The molecule has 2 N–H and O–H groups in total. The van der Waals surface area contributed by atoms with Crippen molar-refractivity contribution in [2.24, 2.45) is 0 Å². The van der Waals surface area contributed by atoms with Gasteiger partial charge in [0.15, 0.2) is 5.79 Å². The Morgan fingerprint density at radius 2 is 2.23 bits per heavy atom. The molecule has 0 bridgehead atoms. The summed E-state index contributed by atoms with van der Waals surface area (Å²) in [6.45, 7) is 4.06. The summed E-state index contributed by atoms with van der Waals surface area (Å²) >= 11 is 0. The van der Waals surface area contributed by atoms with Crippen LogP contribution in [0.25, 0.3) is 0 Å². The van der Waals surface area contributed by atoms with Crippen molar-refractivity contribution in [3.8, 4) is 0 Å². The zero-order chi connectivity index (χ0) is 9.90. The maximum absolute atomic E-state index is 9.31. The second kappa shape index (κ2) is 4.37. The van der Waals surface area contributed by atoms with Crippen LogP contribution in [0, 0.1) is 0 Å². The molecule has 1 aliphatic heterocycles. The lowest BCUT2D eigenvalue weighted by molar-refractivity contribution is -0.202. The van der Waals surface area contributed by atoms with Crippen LogP contribution in [0.15, 0.2) is 0 Å². The smallest absolute Gasteiger partial charge is 0.159 e. The van der Waals surface area contributed by atoms with Crippen LogP contribution in [-0.2, 0) is 9.47 Å². The number of rotatable bonds is 3. The zero-order valence-electron chi connectivity index (χ0n) is 8.19. The molecule has 78 valence electrons. The number of hydrogen-bond acceptors (Lipinski definition) is 4. The maximum Gasteiger partial charge on any atom is 0.159 e. The Kier molecular flexibility index (Phi) is 3.67. The Hall–Kier alpha value is -0.160. The molecule has 1 saturated heterocycles. The van der Waals surface area contributed by atoms with Crippen LogP contribution >= 0.6 is 0 Å². The molecule has 4 heteroatoms. The summed E-state index contributed by atoms with van der Waals surface area (Å²) in [7, 11) is 0. The Morgan fingerprint density at radius 1 is 1.54 bits per heavy atom. The van der Waals surface area contributed by atoms with E-state index < -0.39 is 5.79 Å². The molecule has 2 unspecified atom stereocenters. The van der Waals surface area contributed by atoms with Gasteiger partial charge in [-0.2, -0.15) is 0 Å². The quantitative estimate of drug-likeness (QED) is 0.627. The van der Waals surface area contributed by atoms with Crippen molar-refractivity contribution in [3.05, 3.63) is 0 Å². The summed E-state index contributed by atoms with van der Waals surface area (Å²) in [5, 5.41) is 18.6. The van der Waals surface area contributed by atoms with Crippen LogP contribution in [-0.4, -0.2) is 41.4 Å². The molecular weight excluding hydrogens is 172 g/mol. The zero-order valence-corrected chi connectivity index (χ0v) is 8.19. The Balaban J connectivity index is 2.21. The second-order valence-electron chi connectivity index (χ2n) is 3.93. The van der Waals surface area contributed by atoms with E-state index in [2.05, 4.69) is 0 Å². The third kappa shape index (κ3) is 4.57. The highest BCUT2D eigenvalue weighted by molar-refractivity contribution is 4.70. The first-order valence-electron chi connectivity index (χ1n) is 4.63. The molecular formula is C9H18O4. The standard InChI is InChI=1S/C9H18O4/c1-9(2,11)13-6-8-5-7(10)3-4-12-8/h7-8,10-11H,3-6H2,1-2H3. The van der Waals surface area contributed by atoms with Gasteiger partial charge in [-0.3, -0.25) is 0 Å². The summed E-state index contributed by atoms with van der Waals surface area (Å²) in [5.74, 6) is -1.12. The van der Waals surface area contributed by atoms with E-state index in [1.807, 2.05) is 0 Å². The predicted octanol–water partition coefficient (Wildman–Crippen LogP) is 0.271. The van der Waals surface area contributed by atoms with Gasteiger partial charge >= 0.3 is 0 Å². The highest BCUT2D eigenvalue weighted by Gasteiger charge is 2.23. The lowest BCUT2D eigenvalue weighted by Gasteiger charge is -2.28. The minimum atomic E-state index is -1.12. The molecule has 1 rings (SSSR count). The molecule has 0 aliphatic carbocycles. The highest BCUT2D eigenvalue weighted by atomic mass is 16.6. The first-order chi connectivity index (χ1) is 5.97. The predicted molar refractivity (Wildman–Crippen MR) is 47.2 cm³/mol. The fraction of sp³-hybridized carbons (Fsp3) is 1.00. The molecule has 0 amide bonds. The topological polar surface area (TPSA) is 58.9 Å². The van der Waals surface area contributed by atoms with Gasteiger partial charge in [-0.15, -0.1) is 0 Å². The Labute approximate surface area is 78.5 Å². The normalized spacial score (nSPS) is 30.5. The third-order valence-corrected chi connectivity index (χ3v) is 1.96. The summed E-state index contributed by atoms with van der Waals surface area (Å²) in [6.07, 6.45) is 0.911. The largest absolute Gasteiger partial charge is 0.393 e. The molecule has 0 radical (unpaired) electrons. The number of aliphatic hydroxyl groups excluding tert-OH is 1. The Morgan fingerprint density at radius 3 is 2.77 bits per heavy atom. The third-order valence-electron chi connectivity index (χ3n) is 1.96. The molecule has 0 aromatic carbocycles. The molecule has 0 aromatic heterocycles. The van der Waals surface area contributed by atoms with E-state index in [1.54, 1.807) is 13.8 Å². The molecule has 0 saturated carbocycles. The van der Waals surface area contributed by atoms with E-state index in [-0.39, 0.29) is 12.2 Å². The van der Waals surface area contributed by atoms with Crippen molar-refractivity contribution in [1.82, 2.24) is 0 Å². The Bertz CT molecular complexity index is 152. The first kappa shape index (κ1) is 10.9. The summed E-state index contributed by atoms with van der Waals surface area (Å²) in [5.41, 5.74) is 0.